The summed E-state index contributed by atoms with van der Waals surface area (Å²) < 4.78 is 5.69. The molecule has 4 aliphatic rings. The highest BCUT2D eigenvalue weighted by Crippen LogP contribution is 2.66. The Kier molecular flexibility index (Phi) is 9.43. The lowest BCUT2D eigenvalue weighted by molar-refractivity contribution is -0.0945. The van der Waals surface area contributed by atoms with E-state index in [1.54, 1.807) is 11.1 Å². The van der Waals surface area contributed by atoms with E-state index in [0.717, 1.165) is 39.2 Å². The molecule has 2 fully saturated rings. The van der Waals surface area contributed by atoms with E-state index in [2.05, 4.69) is 25.5 Å². The van der Waals surface area contributed by atoms with Crippen LogP contribution < -0.4 is 0 Å². The van der Waals surface area contributed by atoms with Crippen molar-refractivity contribution in [3.8, 4) is 12.3 Å². The fourth-order valence-corrected chi connectivity index (χ4v) is 7.54. The van der Waals surface area contributed by atoms with Crippen molar-refractivity contribution in [1.29, 1.82) is 0 Å². The van der Waals surface area contributed by atoms with Crippen LogP contribution in [0.15, 0.2) is 23.8 Å². The monoisotopic (exact) mass is 430 g/mol. The second-order valence-electron chi connectivity index (χ2n) is 9.86. The summed E-state index contributed by atoms with van der Waals surface area (Å²) >= 11 is 0. The number of hydrogen-bond acceptors (Lipinski definition) is 3. The van der Waals surface area contributed by atoms with Gasteiger partial charge in [0.25, 0.3) is 0 Å². The molecule has 0 aromatic rings. The smallest absolute Gasteiger partial charge is 0.130 e. The summed E-state index contributed by atoms with van der Waals surface area (Å²) in [5.74, 6) is 5.41. The molecule has 2 N–H and O–H groups in total. The molecular weight excluding hydrogens is 384 g/mol. The second kappa shape index (κ2) is 11.2. The predicted octanol–water partition coefficient (Wildman–Crippen LogP) is 5.91. The first-order chi connectivity index (χ1) is 15.0. The van der Waals surface area contributed by atoms with Crippen LogP contribution >= 0.6 is 0 Å². The van der Waals surface area contributed by atoms with Crippen LogP contribution in [-0.4, -0.2) is 36.1 Å². The van der Waals surface area contributed by atoms with Gasteiger partial charge in [-0.3, -0.25) is 0 Å². The largest absolute Gasteiger partial charge is 0.400 e. The van der Waals surface area contributed by atoms with E-state index in [9.17, 15) is 5.11 Å². The lowest BCUT2D eigenvalue weighted by Crippen LogP contribution is -2.54. The SMILES string of the molecule is C#C[C@]1(O)CCC2C3CCC4=C(CCC(OC)C4)C3C(CCC=C)CC21C.CC.CO. The number of allylic oxidation sites excluding steroid dienone is 2. The molecule has 0 heterocycles. The number of hydrogen-bond donors (Lipinski definition) is 2. The van der Waals surface area contributed by atoms with E-state index in [1.807, 2.05) is 21.0 Å². The Bertz CT molecular complexity index is 674. The van der Waals surface area contributed by atoms with Gasteiger partial charge in [-0.1, -0.05) is 43.9 Å². The van der Waals surface area contributed by atoms with E-state index in [0.29, 0.717) is 29.8 Å². The van der Waals surface area contributed by atoms with Gasteiger partial charge in [-0.15, -0.1) is 13.0 Å². The number of methoxy groups -OCH3 is 1. The zero-order valence-electron chi connectivity index (χ0n) is 20.6. The lowest BCUT2D eigenvalue weighted by atomic mass is 9.48. The van der Waals surface area contributed by atoms with Crippen LogP contribution in [0.5, 0.6) is 0 Å². The highest BCUT2D eigenvalue weighted by molar-refractivity contribution is 5.31. The fraction of sp³-hybridized carbons (Fsp3) is 0.786. The lowest BCUT2D eigenvalue weighted by Gasteiger charge is -2.56. The maximum atomic E-state index is 11.3. The number of aliphatic hydroxyl groups is 2. The molecule has 6 unspecified atom stereocenters. The molecule has 4 aliphatic carbocycles. The Morgan fingerprint density at radius 2 is 1.94 bits per heavy atom. The topological polar surface area (TPSA) is 49.7 Å². The highest BCUT2D eigenvalue weighted by Gasteiger charge is 2.63. The molecular formula is C28H46O3. The standard InChI is InChI=1S/C25H36O2.C2H6.CH4O/c1-5-7-8-18-16-24(3)22(13-14-25(24,26)6-2)21-11-9-17-15-19(27-4)10-12-20(17)23(18)21;2*1-2/h2,5,18-19,21-23,26H,1,7-16H2,3-4H3;1-2H3;2H,1H3/t18?,19?,21?,22?,23?,24?,25-;;/m0../s1. The number of aliphatic hydroxyl groups excluding tert-OH is 1. The third-order valence-corrected chi connectivity index (χ3v) is 8.91. The van der Waals surface area contributed by atoms with Gasteiger partial charge in [0.2, 0.25) is 0 Å². The van der Waals surface area contributed by atoms with Gasteiger partial charge in [0, 0.05) is 19.6 Å². The quantitative estimate of drug-likeness (QED) is 0.431. The summed E-state index contributed by atoms with van der Waals surface area (Å²) in [4.78, 5) is 0. The van der Waals surface area contributed by atoms with Crippen molar-refractivity contribution in [3.63, 3.8) is 0 Å². The molecule has 3 heteroatoms. The average Bonchev–Trinajstić information content (AvgIpc) is 3.10. The van der Waals surface area contributed by atoms with Crippen LogP contribution in [0.25, 0.3) is 0 Å². The number of rotatable bonds is 4. The highest BCUT2D eigenvalue weighted by atomic mass is 16.5. The zero-order chi connectivity index (χ0) is 23.2. The molecule has 2 saturated carbocycles. The van der Waals surface area contributed by atoms with Crippen LogP contribution in [-0.2, 0) is 4.74 Å². The summed E-state index contributed by atoms with van der Waals surface area (Å²) in [6.07, 6.45) is 19.5. The van der Waals surface area contributed by atoms with E-state index < -0.39 is 5.60 Å². The Morgan fingerprint density at radius 3 is 2.55 bits per heavy atom. The molecule has 4 rings (SSSR count). The molecule has 0 aromatic carbocycles. The average molecular weight is 431 g/mol. The number of terminal acetylenes is 1. The summed E-state index contributed by atoms with van der Waals surface area (Å²) in [6.45, 7) is 10.3. The van der Waals surface area contributed by atoms with Crippen molar-refractivity contribution in [2.45, 2.75) is 96.7 Å². The van der Waals surface area contributed by atoms with Gasteiger partial charge < -0.3 is 14.9 Å². The zero-order valence-corrected chi connectivity index (χ0v) is 20.6. The first-order valence-electron chi connectivity index (χ1n) is 12.5. The van der Waals surface area contributed by atoms with Gasteiger partial charge in [0.15, 0.2) is 0 Å². The minimum atomic E-state index is -0.919. The van der Waals surface area contributed by atoms with Crippen LogP contribution in [0.1, 0.15) is 85.0 Å². The Hall–Kier alpha value is -1.08. The van der Waals surface area contributed by atoms with E-state index in [1.165, 1.54) is 32.1 Å². The van der Waals surface area contributed by atoms with Crippen LogP contribution in [0.3, 0.4) is 0 Å². The van der Waals surface area contributed by atoms with Gasteiger partial charge in [0.1, 0.15) is 5.60 Å². The minimum Gasteiger partial charge on any atom is -0.400 e. The normalized spacial score (nSPS) is 40.6. The van der Waals surface area contributed by atoms with Gasteiger partial charge in [-0.2, -0.15) is 0 Å². The third kappa shape index (κ3) is 4.54. The first-order valence-corrected chi connectivity index (χ1v) is 12.5. The van der Waals surface area contributed by atoms with Crippen LogP contribution in [0, 0.1) is 41.4 Å². The van der Waals surface area contributed by atoms with E-state index in [-0.39, 0.29) is 5.41 Å². The Labute approximate surface area is 191 Å². The van der Waals surface area contributed by atoms with Crippen molar-refractivity contribution >= 4 is 0 Å². The number of ether oxygens (including phenoxy) is 1. The van der Waals surface area contributed by atoms with Crippen molar-refractivity contribution in [3.05, 3.63) is 23.8 Å². The predicted molar refractivity (Wildman–Crippen MR) is 130 cm³/mol. The molecule has 0 radical (unpaired) electrons. The molecule has 0 aliphatic heterocycles. The van der Waals surface area contributed by atoms with Gasteiger partial charge in [-0.25, -0.2) is 0 Å². The van der Waals surface area contributed by atoms with E-state index in [4.69, 9.17) is 16.3 Å². The molecule has 7 atom stereocenters. The molecule has 3 nitrogen and oxygen atoms in total. The summed E-state index contributed by atoms with van der Waals surface area (Å²) in [5.41, 5.74) is 2.42. The van der Waals surface area contributed by atoms with Crippen molar-refractivity contribution in [1.82, 2.24) is 0 Å². The fourth-order valence-electron chi connectivity index (χ4n) is 7.54. The van der Waals surface area contributed by atoms with Crippen LogP contribution in [0.4, 0.5) is 0 Å². The molecule has 0 saturated heterocycles. The molecule has 176 valence electrons. The summed E-state index contributed by atoms with van der Waals surface area (Å²) in [6, 6.07) is 0. The first kappa shape index (κ1) is 26.2. The molecule has 0 aromatic heterocycles. The van der Waals surface area contributed by atoms with Crippen molar-refractivity contribution in [2.24, 2.45) is 29.1 Å². The maximum absolute atomic E-state index is 11.3. The maximum Gasteiger partial charge on any atom is 0.130 e. The van der Waals surface area contributed by atoms with Gasteiger partial charge in [0.05, 0.1) is 6.10 Å². The second-order valence-corrected chi connectivity index (χ2v) is 9.86. The van der Waals surface area contributed by atoms with Crippen LogP contribution in [0.2, 0.25) is 0 Å². The molecule has 31 heavy (non-hydrogen) atoms. The molecule has 0 amide bonds. The third-order valence-electron chi connectivity index (χ3n) is 8.91. The minimum absolute atomic E-state index is 0.128. The van der Waals surface area contributed by atoms with Gasteiger partial charge >= 0.3 is 0 Å². The van der Waals surface area contributed by atoms with Crippen molar-refractivity contribution < 1.29 is 14.9 Å². The van der Waals surface area contributed by atoms with Crippen molar-refractivity contribution in [2.75, 3.05) is 14.2 Å². The van der Waals surface area contributed by atoms with Gasteiger partial charge in [-0.05, 0) is 87.9 Å². The summed E-state index contributed by atoms with van der Waals surface area (Å²) in [7, 11) is 2.86. The summed E-state index contributed by atoms with van der Waals surface area (Å²) in [5, 5.41) is 18.3. The molecule has 0 spiro atoms. The number of fused-ring (bicyclic) bond motifs is 4. The molecule has 0 bridgehead atoms. The van der Waals surface area contributed by atoms with E-state index >= 15 is 0 Å². The Balaban J connectivity index is 0.000000807. The Morgan fingerprint density at radius 1 is 1.23 bits per heavy atom.